The van der Waals surface area contributed by atoms with E-state index < -0.39 is 11.4 Å². The summed E-state index contributed by atoms with van der Waals surface area (Å²) >= 11 is 0. The molecule has 2 rings (SSSR count). The van der Waals surface area contributed by atoms with Crippen molar-refractivity contribution in [3.8, 4) is 12.3 Å². The Morgan fingerprint density at radius 3 is 2.45 bits per heavy atom. The van der Waals surface area contributed by atoms with Crippen molar-refractivity contribution in [2.45, 2.75) is 19.3 Å². The van der Waals surface area contributed by atoms with E-state index >= 15 is 0 Å². The van der Waals surface area contributed by atoms with Crippen LogP contribution in [0.15, 0.2) is 24.3 Å². The highest BCUT2D eigenvalue weighted by Gasteiger charge is 2.40. The van der Waals surface area contributed by atoms with Gasteiger partial charge in [0.1, 0.15) is 0 Å². The topological polar surface area (TPSA) is 75.6 Å². The number of rotatable bonds is 5. The maximum absolute atomic E-state index is 12.0. The van der Waals surface area contributed by atoms with Crippen molar-refractivity contribution in [2.75, 3.05) is 19.8 Å². The predicted molar refractivity (Wildman–Crippen MR) is 81.2 cm³/mol. The Kier molecular flexibility index (Phi) is 5.18. The van der Waals surface area contributed by atoms with Crippen LogP contribution in [-0.2, 0) is 20.7 Å². The fraction of sp³-hybridized carbons (Fsp3) is 0.412. The van der Waals surface area contributed by atoms with Crippen LogP contribution in [-0.4, -0.2) is 36.7 Å². The molecule has 0 radical (unpaired) electrons. The van der Waals surface area contributed by atoms with Crippen molar-refractivity contribution in [3.05, 3.63) is 35.4 Å². The van der Waals surface area contributed by atoms with E-state index in [2.05, 4.69) is 11.2 Å². The number of carbonyl (C=O) groups excluding carboxylic acids is 1. The summed E-state index contributed by atoms with van der Waals surface area (Å²) < 4.78 is 5.21. The first kappa shape index (κ1) is 16.1. The Hall–Kier alpha value is -2.32. The summed E-state index contributed by atoms with van der Waals surface area (Å²) in [5, 5.41) is 12.2. The zero-order valence-electron chi connectivity index (χ0n) is 12.3. The van der Waals surface area contributed by atoms with Gasteiger partial charge in [0, 0.05) is 25.3 Å². The van der Waals surface area contributed by atoms with Crippen LogP contribution in [0.5, 0.6) is 0 Å². The molecule has 1 amide bonds. The molecule has 5 nitrogen and oxygen atoms in total. The molecule has 5 heteroatoms. The summed E-state index contributed by atoms with van der Waals surface area (Å²) in [7, 11) is 0. The van der Waals surface area contributed by atoms with E-state index in [9.17, 15) is 14.7 Å². The number of hydrogen-bond donors (Lipinski definition) is 2. The Balaban J connectivity index is 1.90. The summed E-state index contributed by atoms with van der Waals surface area (Å²) in [6.45, 7) is 0.957. The van der Waals surface area contributed by atoms with Crippen LogP contribution in [0, 0.1) is 17.8 Å². The first-order valence-corrected chi connectivity index (χ1v) is 7.19. The predicted octanol–water partition coefficient (Wildman–Crippen LogP) is 1.21. The number of carboxylic acids is 1. The number of aliphatic carboxylic acids is 1. The molecule has 1 aromatic carbocycles. The first-order valence-electron chi connectivity index (χ1n) is 7.19. The molecule has 0 atom stereocenters. The minimum Gasteiger partial charge on any atom is -0.481 e. The third-order valence-electron chi connectivity index (χ3n) is 4.01. The lowest BCUT2D eigenvalue weighted by atomic mass is 9.80. The van der Waals surface area contributed by atoms with Crippen molar-refractivity contribution in [1.29, 1.82) is 0 Å². The summed E-state index contributed by atoms with van der Waals surface area (Å²) in [6, 6.07) is 7.16. The second-order valence-electron chi connectivity index (χ2n) is 5.49. The van der Waals surface area contributed by atoms with Crippen LogP contribution in [0.4, 0.5) is 0 Å². The smallest absolute Gasteiger partial charge is 0.311 e. The van der Waals surface area contributed by atoms with Crippen LogP contribution >= 0.6 is 0 Å². The van der Waals surface area contributed by atoms with E-state index in [1.807, 2.05) is 0 Å². The molecule has 0 unspecified atom stereocenters. The summed E-state index contributed by atoms with van der Waals surface area (Å²) in [5.41, 5.74) is 0.686. The van der Waals surface area contributed by atoms with Gasteiger partial charge in [-0.15, -0.1) is 6.42 Å². The molecule has 116 valence electrons. The fourth-order valence-corrected chi connectivity index (χ4v) is 2.46. The normalized spacial score (nSPS) is 16.5. The second-order valence-corrected chi connectivity index (χ2v) is 5.49. The molecule has 0 spiro atoms. The average molecular weight is 301 g/mol. The number of carboxylic acid groups (broad SMARTS) is 1. The molecular weight excluding hydrogens is 282 g/mol. The summed E-state index contributed by atoms with van der Waals surface area (Å²) in [6.07, 6.45) is 6.32. The van der Waals surface area contributed by atoms with E-state index in [1.54, 1.807) is 24.3 Å². The maximum atomic E-state index is 12.0. The minimum atomic E-state index is -0.915. The van der Waals surface area contributed by atoms with Crippen LogP contribution < -0.4 is 5.32 Å². The van der Waals surface area contributed by atoms with Gasteiger partial charge in [0.05, 0.1) is 11.8 Å². The Labute approximate surface area is 129 Å². The minimum absolute atomic E-state index is 0.132. The average Bonchev–Trinajstić information content (AvgIpc) is 2.54. The largest absolute Gasteiger partial charge is 0.481 e. The molecule has 0 aromatic heterocycles. The highest BCUT2D eigenvalue weighted by Crippen LogP contribution is 2.30. The molecule has 1 aliphatic heterocycles. The third kappa shape index (κ3) is 3.86. The van der Waals surface area contributed by atoms with Crippen LogP contribution in [0.2, 0.25) is 0 Å². The monoisotopic (exact) mass is 301 g/mol. The third-order valence-corrected chi connectivity index (χ3v) is 4.01. The van der Waals surface area contributed by atoms with Crippen molar-refractivity contribution >= 4 is 11.9 Å². The van der Waals surface area contributed by atoms with Crippen molar-refractivity contribution in [3.63, 3.8) is 0 Å². The first-order chi connectivity index (χ1) is 10.6. The Bertz CT molecular complexity index is 580. The van der Waals surface area contributed by atoms with Gasteiger partial charge in [0.15, 0.2) is 0 Å². The molecule has 1 aromatic rings. The maximum Gasteiger partial charge on any atom is 0.311 e. The van der Waals surface area contributed by atoms with Gasteiger partial charge in [0.25, 0.3) is 0 Å². The van der Waals surface area contributed by atoms with Gasteiger partial charge in [-0.2, -0.15) is 0 Å². The summed E-state index contributed by atoms with van der Waals surface area (Å²) in [5.74, 6) is 1.44. The lowest BCUT2D eigenvalue weighted by molar-refractivity contribution is -0.154. The molecule has 0 bridgehead atoms. The van der Waals surface area contributed by atoms with Crippen molar-refractivity contribution in [2.24, 2.45) is 5.41 Å². The SMILES string of the molecule is C#Cc1ccc(CC(=O)NCC2(C(=O)O)CCOCC2)cc1. The number of hydrogen-bond acceptors (Lipinski definition) is 3. The molecule has 2 N–H and O–H groups in total. The van der Waals surface area contributed by atoms with Gasteiger partial charge in [0.2, 0.25) is 5.91 Å². The molecule has 1 heterocycles. The lowest BCUT2D eigenvalue weighted by Gasteiger charge is -2.33. The van der Waals surface area contributed by atoms with Gasteiger partial charge >= 0.3 is 5.97 Å². The number of benzene rings is 1. The number of amides is 1. The number of terminal acetylenes is 1. The van der Waals surface area contributed by atoms with E-state index in [1.165, 1.54) is 0 Å². The molecule has 1 fully saturated rings. The van der Waals surface area contributed by atoms with Crippen LogP contribution in [0.1, 0.15) is 24.0 Å². The van der Waals surface area contributed by atoms with Crippen LogP contribution in [0.25, 0.3) is 0 Å². The molecule has 0 saturated carbocycles. The fourth-order valence-electron chi connectivity index (χ4n) is 2.46. The van der Waals surface area contributed by atoms with Gasteiger partial charge in [-0.3, -0.25) is 9.59 Å². The van der Waals surface area contributed by atoms with E-state index in [-0.39, 0.29) is 18.9 Å². The molecule has 1 saturated heterocycles. The van der Waals surface area contributed by atoms with Crippen molar-refractivity contribution < 1.29 is 19.4 Å². The highest BCUT2D eigenvalue weighted by molar-refractivity contribution is 5.80. The number of ether oxygens (including phenoxy) is 1. The Morgan fingerprint density at radius 1 is 1.27 bits per heavy atom. The standard InChI is InChI=1S/C17H19NO4/c1-2-13-3-5-14(6-4-13)11-15(19)18-12-17(16(20)21)7-9-22-10-8-17/h1,3-6H,7-12H2,(H,18,19)(H,20,21). The number of carbonyl (C=O) groups is 2. The quantitative estimate of drug-likeness (QED) is 0.802. The molecular formula is C17H19NO4. The summed E-state index contributed by atoms with van der Waals surface area (Å²) in [4.78, 5) is 23.5. The number of nitrogens with one attached hydrogen (secondary N) is 1. The molecule has 1 aliphatic rings. The van der Waals surface area contributed by atoms with Crippen molar-refractivity contribution in [1.82, 2.24) is 5.32 Å². The highest BCUT2D eigenvalue weighted by atomic mass is 16.5. The van der Waals surface area contributed by atoms with E-state index in [0.29, 0.717) is 26.1 Å². The van der Waals surface area contributed by atoms with Gasteiger partial charge in [-0.1, -0.05) is 18.1 Å². The molecule has 0 aliphatic carbocycles. The zero-order valence-corrected chi connectivity index (χ0v) is 12.3. The van der Waals surface area contributed by atoms with Gasteiger partial charge < -0.3 is 15.2 Å². The zero-order chi connectivity index (χ0) is 16.0. The van der Waals surface area contributed by atoms with Crippen LogP contribution in [0.3, 0.4) is 0 Å². The lowest BCUT2D eigenvalue weighted by Crippen LogP contribution is -2.46. The Morgan fingerprint density at radius 2 is 1.91 bits per heavy atom. The second kappa shape index (κ2) is 7.10. The van der Waals surface area contributed by atoms with E-state index in [4.69, 9.17) is 11.2 Å². The molecule has 22 heavy (non-hydrogen) atoms. The van der Waals surface area contributed by atoms with E-state index in [0.717, 1.165) is 11.1 Å². The van der Waals surface area contributed by atoms with Gasteiger partial charge in [-0.25, -0.2) is 0 Å². The van der Waals surface area contributed by atoms with Gasteiger partial charge in [-0.05, 0) is 30.5 Å².